The van der Waals surface area contributed by atoms with Gasteiger partial charge in [0.25, 0.3) is 0 Å². The van der Waals surface area contributed by atoms with E-state index in [9.17, 15) is 9.18 Å². The molecule has 0 aliphatic rings. The summed E-state index contributed by atoms with van der Waals surface area (Å²) >= 11 is 3.35. The van der Waals surface area contributed by atoms with Crippen molar-refractivity contribution in [2.75, 3.05) is 5.32 Å². The van der Waals surface area contributed by atoms with Crippen molar-refractivity contribution in [2.45, 2.75) is 6.42 Å². The van der Waals surface area contributed by atoms with E-state index < -0.39 is 0 Å². The van der Waals surface area contributed by atoms with E-state index in [1.165, 1.54) is 12.1 Å². The minimum atomic E-state index is -0.316. The molecule has 0 unspecified atom stereocenters. The smallest absolute Gasteiger partial charge is 0.228 e. The zero-order chi connectivity index (χ0) is 16.2. The first-order chi connectivity index (χ1) is 11.1. The number of hydrogen-bond donors (Lipinski definition) is 1. The topological polar surface area (TPSA) is 46.9 Å². The van der Waals surface area contributed by atoms with E-state index >= 15 is 0 Å². The average molecular weight is 374 g/mol. The fourth-order valence-electron chi connectivity index (χ4n) is 2.19. The van der Waals surface area contributed by atoms with E-state index in [0.29, 0.717) is 5.69 Å². The van der Waals surface area contributed by atoms with Gasteiger partial charge in [0.15, 0.2) is 0 Å². The monoisotopic (exact) mass is 373 g/mol. The van der Waals surface area contributed by atoms with Gasteiger partial charge in [-0.3, -0.25) is 4.79 Å². The highest BCUT2D eigenvalue weighted by Crippen LogP contribution is 2.21. The molecule has 23 heavy (non-hydrogen) atoms. The second-order valence-corrected chi connectivity index (χ2v) is 5.89. The van der Waals surface area contributed by atoms with Crippen LogP contribution >= 0.6 is 15.9 Å². The van der Waals surface area contributed by atoms with E-state index in [1.54, 1.807) is 23.0 Å². The van der Waals surface area contributed by atoms with Gasteiger partial charge in [0.2, 0.25) is 5.91 Å². The number of amides is 1. The number of nitrogens with one attached hydrogen (secondary N) is 1. The molecule has 2 aromatic carbocycles. The molecule has 0 bridgehead atoms. The molecule has 1 aromatic heterocycles. The molecule has 0 saturated heterocycles. The van der Waals surface area contributed by atoms with Crippen LogP contribution in [0.4, 0.5) is 10.1 Å². The molecule has 1 heterocycles. The molecule has 116 valence electrons. The van der Waals surface area contributed by atoms with Crippen LogP contribution in [-0.2, 0) is 11.2 Å². The van der Waals surface area contributed by atoms with Gasteiger partial charge in [0.05, 0.1) is 28.5 Å². The van der Waals surface area contributed by atoms with Gasteiger partial charge >= 0.3 is 0 Å². The van der Waals surface area contributed by atoms with Gasteiger partial charge in [-0.25, -0.2) is 9.07 Å². The molecular weight excluding hydrogens is 361 g/mol. The second kappa shape index (κ2) is 6.75. The van der Waals surface area contributed by atoms with E-state index in [1.807, 2.05) is 30.5 Å². The summed E-state index contributed by atoms with van der Waals surface area (Å²) in [5.74, 6) is -0.487. The number of hydrogen-bond acceptors (Lipinski definition) is 2. The number of rotatable bonds is 4. The summed E-state index contributed by atoms with van der Waals surface area (Å²) in [6.07, 6.45) is 3.67. The molecule has 6 heteroatoms. The average Bonchev–Trinajstić information content (AvgIpc) is 2.96. The summed E-state index contributed by atoms with van der Waals surface area (Å²) in [5, 5.41) is 7.10. The molecule has 3 rings (SSSR count). The third-order valence-electron chi connectivity index (χ3n) is 3.25. The van der Waals surface area contributed by atoms with Crippen molar-refractivity contribution in [3.05, 3.63) is 76.8 Å². The predicted molar refractivity (Wildman–Crippen MR) is 90.0 cm³/mol. The Labute approximate surface area is 141 Å². The fraction of sp³-hybridized carbons (Fsp3) is 0.0588. The Morgan fingerprint density at radius 2 is 1.91 bits per heavy atom. The number of anilines is 1. The van der Waals surface area contributed by atoms with Crippen LogP contribution in [0.3, 0.4) is 0 Å². The lowest BCUT2D eigenvalue weighted by Gasteiger charge is -2.11. The number of benzene rings is 2. The lowest BCUT2D eigenvalue weighted by atomic mass is 10.1. The molecular formula is C17H13BrFN3O. The minimum absolute atomic E-state index is 0.171. The first-order valence-corrected chi connectivity index (χ1v) is 7.75. The van der Waals surface area contributed by atoms with E-state index in [4.69, 9.17) is 0 Å². The summed E-state index contributed by atoms with van der Waals surface area (Å²) in [7, 11) is 0. The molecule has 0 fully saturated rings. The van der Waals surface area contributed by atoms with Crippen molar-refractivity contribution >= 4 is 27.5 Å². The van der Waals surface area contributed by atoms with Crippen LogP contribution in [0.5, 0.6) is 0 Å². The SMILES string of the molecule is O=C(Cc1ccc(F)cc1)Nc1ccccc1-n1cc(Br)cn1. The molecule has 4 nitrogen and oxygen atoms in total. The van der Waals surface area contributed by atoms with Crippen molar-refractivity contribution in [3.8, 4) is 5.69 Å². The van der Waals surface area contributed by atoms with Crippen LogP contribution in [-0.4, -0.2) is 15.7 Å². The third-order valence-corrected chi connectivity index (χ3v) is 3.66. The maximum absolute atomic E-state index is 12.9. The van der Waals surface area contributed by atoms with Gasteiger partial charge in [-0.15, -0.1) is 0 Å². The maximum Gasteiger partial charge on any atom is 0.228 e. The summed E-state index contributed by atoms with van der Waals surface area (Å²) in [5.41, 5.74) is 2.18. The zero-order valence-corrected chi connectivity index (χ0v) is 13.6. The predicted octanol–water partition coefficient (Wildman–Crippen LogP) is 3.96. The molecule has 0 saturated carbocycles. The summed E-state index contributed by atoms with van der Waals surface area (Å²) in [6.45, 7) is 0. The van der Waals surface area contributed by atoms with Gasteiger partial charge in [0.1, 0.15) is 5.82 Å². The molecule has 3 aromatic rings. The highest BCUT2D eigenvalue weighted by molar-refractivity contribution is 9.10. The molecule has 1 amide bonds. The van der Waals surface area contributed by atoms with Crippen molar-refractivity contribution in [2.24, 2.45) is 0 Å². The quantitative estimate of drug-likeness (QED) is 0.752. The largest absolute Gasteiger partial charge is 0.324 e. The lowest BCUT2D eigenvalue weighted by Crippen LogP contribution is -2.16. The Morgan fingerprint density at radius 1 is 1.17 bits per heavy atom. The van der Waals surface area contributed by atoms with Gasteiger partial charge in [-0.05, 0) is 45.8 Å². The van der Waals surface area contributed by atoms with Crippen molar-refractivity contribution in [1.29, 1.82) is 0 Å². The lowest BCUT2D eigenvalue weighted by molar-refractivity contribution is -0.115. The third kappa shape index (κ3) is 3.84. The van der Waals surface area contributed by atoms with Gasteiger partial charge in [-0.2, -0.15) is 5.10 Å². The highest BCUT2D eigenvalue weighted by Gasteiger charge is 2.10. The highest BCUT2D eigenvalue weighted by atomic mass is 79.9. The summed E-state index contributed by atoms with van der Waals surface area (Å²) in [4.78, 5) is 12.2. The summed E-state index contributed by atoms with van der Waals surface area (Å²) < 4.78 is 15.4. The van der Waals surface area contributed by atoms with E-state index in [2.05, 4.69) is 26.3 Å². The standard InChI is InChI=1S/C17H13BrFN3O/c18-13-10-20-22(11-13)16-4-2-1-3-15(16)21-17(23)9-12-5-7-14(19)8-6-12/h1-8,10-11H,9H2,(H,21,23). The van der Waals surface area contributed by atoms with Gasteiger partial charge in [0, 0.05) is 6.20 Å². The Morgan fingerprint density at radius 3 is 2.61 bits per heavy atom. The van der Waals surface area contributed by atoms with Gasteiger partial charge in [-0.1, -0.05) is 24.3 Å². The van der Waals surface area contributed by atoms with Gasteiger partial charge < -0.3 is 5.32 Å². The summed E-state index contributed by atoms with van der Waals surface area (Å²) in [6, 6.07) is 13.3. The maximum atomic E-state index is 12.9. The van der Waals surface area contributed by atoms with Crippen molar-refractivity contribution < 1.29 is 9.18 Å². The number of nitrogens with zero attached hydrogens (tertiary/aromatic N) is 2. The van der Waals surface area contributed by atoms with Crippen LogP contribution in [0.1, 0.15) is 5.56 Å². The molecule has 0 atom stereocenters. The molecule has 1 N–H and O–H groups in total. The number of para-hydroxylation sites is 2. The van der Waals surface area contributed by atoms with Crippen LogP contribution in [0.15, 0.2) is 65.4 Å². The molecule has 0 radical (unpaired) electrons. The number of halogens is 2. The first-order valence-electron chi connectivity index (χ1n) is 6.96. The second-order valence-electron chi connectivity index (χ2n) is 4.97. The van der Waals surface area contributed by atoms with E-state index in [-0.39, 0.29) is 18.1 Å². The Balaban J connectivity index is 1.77. The van der Waals surface area contributed by atoms with Crippen LogP contribution in [0, 0.1) is 5.82 Å². The Kier molecular flexibility index (Phi) is 4.52. The minimum Gasteiger partial charge on any atom is -0.324 e. The van der Waals surface area contributed by atoms with E-state index in [0.717, 1.165) is 15.7 Å². The number of aromatic nitrogens is 2. The zero-order valence-electron chi connectivity index (χ0n) is 12.0. The first kappa shape index (κ1) is 15.4. The van der Waals surface area contributed by atoms with Crippen molar-refractivity contribution in [3.63, 3.8) is 0 Å². The number of carbonyl (C=O) groups is 1. The van der Waals surface area contributed by atoms with Crippen LogP contribution in [0.2, 0.25) is 0 Å². The van der Waals surface area contributed by atoms with Crippen LogP contribution < -0.4 is 5.32 Å². The normalized spacial score (nSPS) is 10.5. The molecule has 0 aliphatic heterocycles. The van der Waals surface area contributed by atoms with Crippen LogP contribution in [0.25, 0.3) is 5.69 Å². The molecule has 0 spiro atoms. The van der Waals surface area contributed by atoms with Crippen molar-refractivity contribution in [1.82, 2.24) is 9.78 Å². The Hall–Kier alpha value is -2.47. The molecule has 0 aliphatic carbocycles. The Bertz CT molecular complexity index is 830. The fourth-order valence-corrected chi connectivity index (χ4v) is 2.48. The number of carbonyl (C=O) groups excluding carboxylic acids is 1.